The predicted molar refractivity (Wildman–Crippen MR) is 146 cm³/mol. The fourth-order valence-electron chi connectivity index (χ4n) is 3.70. The third-order valence-corrected chi connectivity index (χ3v) is 5.87. The molecule has 3 amide bonds. The van der Waals surface area contributed by atoms with Gasteiger partial charge in [0.25, 0.3) is 0 Å². The van der Waals surface area contributed by atoms with E-state index in [1.807, 2.05) is 45.2 Å². The number of aryl methyl sites for hydroxylation is 1. The van der Waals surface area contributed by atoms with Crippen molar-refractivity contribution < 1.29 is 28.7 Å². The summed E-state index contributed by atoms with van der Waals surface area (Å²) in [6.45, 7) is 12.9. The van der Waals surface area contributed by atoms with E-state index in [0.717, 1.165) is 5.56 Å². The molecule has 0 aromatic heterocycles. The molecule has 10 heteroatoms. The van der Waals surface area contributed by atoms with Crippen LogP contribution in [-0.4, -0.2) is 71.6 Å². The SMILES string of the molecule is CCOC(=O)CCNC(=O)C(c1cccc(C)c1)N(C(=O)C(CCSC)NC(=O)OC(C)(C)C)C(C)C. The van der Waals surface area contributed by atoms with Gasteiger partial charge in [0.15, 0.2) is 0 Å². The van der Waals surface area contributed by atoms with Crippen molar-refractivity contribution in [3.63, 3.8) is 0 Å². The van der Waals surface area contributed by atoms with Gasteiger partial charge in [-0.1, -0.05) is 29.8 Å². The highest BCUT2D eigenvalue weighted by molar-refractivity contribution is 7.98. The molecule has 1 rings (SSSR count). The van der Waals surface area contributed by atoms with E-state index in [1.54, 1.807) is 45.5 Å². The monoisotopic (exact) mass is 537 g/mol. The van der Waals surface area contributed by atoms with E-state index in [9.17, 15) is 19.2 Å². The summed E-state index contributed by atoms with van der Waals surface area (Å²) in [6, 6.07) is 5.17. The molecule has 1 aromatic rings. The van der Waals surface area contributed by atoms with Crippen molar-refractivity contribution in [2.45, 2.75) is 85.0 Å². The second kappa shape index (κ2) is 15.5. The summed E-state index contributed by atoms with van der Waals surface area (Å²) in [7, 11) is 0. The highest BCUT2D eigenvalue weighted by atomic mass is 32.2. The Bertz CT molecular complexity index is 916. The van der Waals surface area contributed by atoms with Crippen LogP contribution < -0.4 is 10.6 Å². The number of amides is 3. The van der Waals surface area contributed by atoms with E-state index in [1.165, 1.54) is 4.90 Å². The van der Waals surface area contributed by atoms with Crippen LogP contribution in [0.1, 0.15) is 71.6 Å². The van der Waals surface area contributed by atoms with E-state index >= 15 is 0 Å². The minimum absolute atomic E-state index is 0.0201. The summed E-state index contributed by atoms with van der Waals surface area (Å²) in [5, 5.41) is 5.50. The van der Waals surface area contributed by atoms with Crippen LogP contribution >= 0.6 is 11.8 Å². The first-order valence-corrected chi connectivity index (χ1v) is 14.0. The summed E-state index contributed by atoms with van der Waals surface area (Å²) >= 11 is 1.55. The number of alkyl carbamates (subject to hydrolysis) is 1. The standard InChI is InChI=1S/C27H43N3O6S/c1-9-35-22(31)13-15-28-24(32)23(20-12-10-11-19(4)17-20)30(18(2)3)25(33)21(14-16-37-8)29-26(34)36-27(5,6)7/h10-12,17-18,21,23H,9,13-16H2,1-8H3,(H,28,32)(H,29,34). The van der Waals surface area contributed by atoms with Crippen LogP contribution in [0.3, 0.4) is 0 Å². The zero-order chi connectivity index (χ0) is 28.2. The van der Waals surface area contributed by atoms with Gasteiger partial charge in [-0.2, -0.15) is 11.8 Å². The molecule has 0 heterocycles. The maximum absolute atomic E-state index is 14.0. The number of ether oxygens (including phenoxy) is 2. The normalized spacial score (nSPS) is 12.9. The Balaban J connectivity index is 3.34. The van der Waals surface area contributed by atoms with Crippen LogP contribution in [0.4, 0.5) is 4.79 Å². The smallest absolute Gasteiger partial charge is 0.408 e. The molecule has 0 aliphatic heterocycles. The highest BCUT2D eigenvalue weighted by Crippen LogP contribution is 2.26. The Morgan fingerprint density at radius 3 is 2.35 bits per heavy atom. The summed E-state index contributed by atoms with van der Waals surface area (Å²) in [5.74, 6) is -0.593. The lowest BCUT2D eigenvalue weighted by Crippen LogP contribution is -2.55. The van der Waals surface area contributed by atoms with Crippen LogP contribution in [-0.2, 0) is 23.9 Å². The minimum atomic E-state index is -0.966. The van der Waals surface area contributed by atoms with Gasteiger partial charge < -0.3 is 25.0 Å². The second-order valence-corrected chi connectivity index (χ2v) is 11.0. The first-order valence-electron chi connectivity index (χ1n) is 12.6. The molecule has 9 nitrogen and oxygen atoms in total. The van der Waals surface area contributed by atoms with E-state index in [0.29, 0.717) is 17.7 Å². The Labute approximate surface area is 225 Å². The van der Waals surface area contributed by atoms with Crippen molar-refractivity contribution in [3.05, 3.63) is 35.4 Å². The van der Waals surface area contributed by atoms with Gasteiger partial charge in [0.05, 0.1) is 13.0 Å². The van der Waals surface area contributed by atoms with Crippen LogP contribution in [0.25, 0.3) is 0 Å². The largest absolute Gasteiger partial charge is 0.466 e. The molecule has 2 atom stereocenters. The van der Waals surface area contributed by atoms with Crippen LogP contribution in [0, 0.1) is 6.92 Å². The molecule has 0 fully saturated rings. The number of esters is 1. The fourth-order valence-corrected chi connectivity index (χ4v) is 4.17. The van der Waals surface area contributed by atoms with Gasteiger partial charge in [0.1, 0.15) is 17.7 Å². The molecule has 0 spiro atoms. The fraction of sp³-hybridized carbons (Fsp3) is 0.630. The number of hydrogen-bond donors (Lipinski definition) is 2. The van der Waals surface area contributed by atoms with Crippen molar-refractivity contribution in [1.82, 2.24) is 15.5 Å². The molecule has 0 radical (unpaired) electrons. The molecule has 0 bridgehead atoms. The lowest BCUT2D eigenvalue weighted by Gasteiger charge is -2.37. The lowest BCUT2D eigenvalue weighted by atomic mass is 9.99. The Morgan fingerprint density at radius 2 is 1.81 bits per heavy atom. The number of nitrogens with one attached hydrogen (secondary N) is 2. The Kier molecular flexibility index (Phi) is 13.5. The van der Waals surface area contributed by atoms with E-state index in [-0.39, 0.29) is 31.5 Å². The summed E-state index contributed by atoms with van der Waals surface area (Å²) < 4.78 is 10.3. The topological polar surface area (TPSA) is 114 Å². The zero-order valence-electron chi connectivity index (χ0n) is 23.4. The van der Waals surface area contributed by atoms with E-state index < -0.39 is 35.7 Å². The average Bonchev–Trinajstić information content (AvgIpc) is 2.78. The van der Waals surface area contributed by atoms with Crippen LogP contribution in [0.15, 0.2) is 24.3 Å². The predicted octanol–water partition coefficient (Wildman–Crippen LogP) is 3.99. The molecule has 2 unspecified atom stereocenters. The van der Waals surface area contributed by atoms with Crippen molar-refractivity contribution in [2.24, 2.45) is 0 Å². The average molecular weight is 538 g/mol. The number of carbonyl (C=O) groups excluding carboxylic acids is 4. The third-order valence-electron chi connectivity index (χ3n) is 5.23. The van der Waals surface area contributed by atoms with E-state index in [4.69, 9.17) is 9.47 Å². The van der Waals surface area contributed by atoms with Crippen molar-refractivity contribution in [2.75, 3.05) is 25.2 Å². The molecule has 208 valence electrons. The van der Waals surface area contributed by atoms with Crippen molar-refractivity contribution in [1.29, 1.82) is 0 Å². The summed E-state index contributed by atoms with van der Waals surface area (Å²) in [6.07, 6.45) is 1.61. The molecule has 0 aliphatic carbocycles. The summed E-state index contributed by atoms with van der Waals surface area (Å²) in [5.41, 5.74) is 0.845. The zero-order valence-corrected chi connectivity index (χ0v) is 24.2. The maximum Gasteiger partial charge on any atom is 0.408 e. The molecule has 2 N–H and O–H groups in total. The number of benzene rings is 1. The first kappa shape index (κ1) is 32.3. The van der Waals surface area contributed by atoms with Gasteiger partial charge in [-0.3, -0.25) is 14.4 Å². The Morgan fingerprint density at radius 1 is 1.14 bits per heavy atom. The number of nitrogens with zero attached hydrogens (tertiary/aromatic N) is 1. The molecule has 0 saturated carbocycles. The molecular formula is C27H43N3O6S. The van der Waals surface area contributed by atoms with Gasteiger partial charge in [-0.25, -0.2) is 4.79 Å². The minimum Gasteiger partial charge on any atom is -0.466 e. The van der Waals surface area contributed by atoms with Gasteiger partial charge in [0.2, 0.25) is 11.8 Å². The van der Waals surface area contributed by atoms with Gasteiger partial charge in [0, 0.05) is 12.6 Å². The number of thioether (sulfide) groups is 1. The van der Waals surface area contributed by atoms with Crippen LogP contribution in [0.2, 0.25) is 0 Å². The molecule has 37 heavy (non-hydrogen) atoms. The Hall–Kier alpha value is -2.75. The van der Waals surface area contributed by atoms with E-state index in [2.05, 4.69) is 10.6 Å². The molecule has 1 aromatic carbocycles. The van der Waals surface area contributed by atoms with Gasteiger partial charge in [-0.05, 0) is 72.5 Å². The number of rotatable bonds is 13. The second-order valence-electron chi connectivity index (χ2n) is 9.98. The van der Waals surface area contributed by atoms with Gasteiger partial charge in [-0.15, -0.1) is 0 Å². The van der Waals surface area contributed by atoms with Gasteiger partial charge >= 0.3 is 12.1 Å². The summed E-state index contributed by atoms with van der Waals surface area (Å²) in [4.78, 5) is 53.3. The molecular weight excluding hydrogens is 494 g/mol. The van der Waals surface area contributed by atoms with Crippen molar-refractivity contribution in [3.8, 4) is 0 Å². The number of hydrogen-bond acceptors (Lipinski definition) is 7. The third kappa shape index (κ3) is 11.5. The maximum atomic E-state index is 14.0. The quantitative estimate of drug-likeness (QED) is 0.366. The molecule has 0 saturated heterocycles. The highest BCUT2D eigenvalue weighted by Gasteiger charge is 2.37. The van der Waals surface area contributed by atoms with Crippen molar-refractivity contribution >= 4 is 35.6 Å². The number of carbonyl (C=O) groups is 4. The first-order chi connectivity index (χ1) is 17.3. The lowest BCUT2D eigenvalue weighted by molar-refractivity contribution is -0.145. The molecule has 0 aliphatic rings. The van der Waals surface area contributed by atoms with Crippen LogP contribution in [0.5, 0.6) is 0 Å².